The number of carboxylic acids is 2. The van der Waals surface area contributed by atoms with Crippen LogP contribution in [-0.4, -0.2) is 58.6 Å². The quantitative estimate of drug-likeness (QED) is 0.110. The molecule has 2 aliphatic carbocycles. The second-order valence-electron chi connectivity index (χ2n) is 14.6. The fourth-order valence-electron chi connectivity index (χ4n) is 7.73. The Labute approximate surface area is 320 Å². The molecule has 3 N–H and O–H groups in total. The number of nitrogens with one attached hydrogen (secondary N) is 1. The molecule has 1 amide bonds. The van der Waals surface area contributed by atoms with Crippen molar-refractivity contribution in [2.24, 2.45) is 5.92 Å². The van der Waals surface area contributed by atoms with Crippen LogP contribution in [0.15, 0.2) is 77.7 Å². The second kappa shape index (κ2) is 16.8. The van der Waals surface area contributed by atoms with E-state index in [1.807, 2.05) is 50.2 Å². The van der Waals surface area contributed by atoms with Crippen molar-refractivity contribution in [2.45, 2.75) is 101 Å². The average molecular weight is 771 g/mol. The molecule has 1 fully saturated rings. The maximum Gasteiger partial charge on any atom is 0.335 e. The summed E-state index contributed by atoms with van der Waals surface area (Å²) in [7, 11) is -4.00. The molecular weight excluding hydrogens is 725 g/mol. The first-order valence-corrected chi connectivity index (χ1v) is 20.8. The first-order valence-electron chi connectivity index (χ1n) is 18.6. The number of hydrogen-bond acceptors (Lipinski definition) is 7. The third-order valence-corrected chi connectivity index (χ3v) is 14.0. The standard InChI is InChI=1S/C42H46N2O8S2/c1-26(2)44(33-22-18-30(19-23-33)42(49)50)54(51,52)34-7-5-6-31(24-34)36(45)25-38-39(35-8-3-4-9-37(35)53-38)40(46)43-32-20-14-28(15-21-32)11-10-27-12-16-29(17-13-27)41(47)48/h5-7,12-17,20-21,24,26,30,33H,3-4,8-11,18-19,22-23,25H2,1-2H3,(H,43,46)(H,47,48)(H,49,50). The Morgan fingerprint density at radius 3 is 2.07 bits per heavy atom. The lowest BCUT2D eigenvalue weighted by molar-refractivity contribution is -0.143. The van der Waals surface area contributed by atoms with Gasteiger partial charge in [0.2, 0.25) is 10.0 Å². The van der Waals surface area contributed by atoms with E-state index in [4.69, 9.17) is 5.11 Å². The molecule has 12 heteroatoms. The number of carbonyl (C=O) groups is 4. The summed E-state index contributed by atoms with van der Waals surface area (Å²) in [5.74, 6) is -2.82. The number of thiophene rings is 1. The molecular formula is C42H46N2O8S2. The van der Waals surface area contributed by atoms with Crippen molar-refractivity contribution in [3.63, 3.8) is 0 Å². The Bertz CT molecular complexity index is 2130. The van der Waals surface area contributed by atoms with Crippen LogP contribution >= 0.6 is 11.3 Å². The van der Waals surface area contributed by atoms with Gasteiger partial charge >= 0.3 is 11.9 Å². The monoisotopic (exact) mass is 770 g/mol. The third-order valence-electron chi connectivity index (χ3n) is 10.6. The summed E-state index contributed by atoms with van der Waals surface area (Å²) >= 11 is 1.49. The van der Waals surface area contributed by atoms with Crippen LogP contribution in [0, 0.1) is 5.92 Å². The van der Waals surface area contributed by atoms with Crippen LogP contribution < -0.4 is 5.32 Å². The molecule has 0 spiro atoms. The van der Waals surface area contributed by atoms with Crippen molar-refractivity contribution in [2.75, 3.05) is 5.32 Å². The minimum absolute atomic E-state index is 0.0189. The lowest BCUT2D eigenvalue weighted by Crippen LogP contribution is -2.46. The fraction of sp³-hybridized carbons (Fsp3) is 0.381. The molecule has 0 bridgehead atoms. The number of ketones is 1. The van der Waals surface area contributed by atoms with Crippen LogP contribution in [0.2, 0.25) is 0 Å². The molecule has 0 radical (unpaired) electrons. The SMILES string of the molecule is CC(C)N(C1CCC(C(=O)O)CC1)S(=O)(=O)c1cccc(C(=O)Cc2sc3c(c2C(=O)Nc2ccc(CCc4ccc(C(=O)O)cc4)cc2)CCCC3)c1. The van der Waals surface area contributed by atoms with Crippen LogP contribution in [0.1, 0.15) is 110 Å². The number of rotatable bonds is 14. The van der Waals surface area contributed by atoms with Crippen molar-refractivity contribution < 1.29 is 37.8 Å². The lowest BCUT2D eigenvalue weighted by atomic mass is 9.86. The highest BCUT2D eigenvalue weighted by Crippen LogP contribution is 2.37. The first kappa shape index (κ1) is 39.1. The molecule has 0 aliphatic heterocycles. The molecule has 6 rings (SSSR count). The Morgan fingerprint density at radius 1 is 0.833 bits per heavy atom. The Morgan fingerprint density at radius 2 is 1.46 bits per heavy atom. The van der Waals surface area contributed by atoms with E-state index in [2.05, 4.69) is 5.32 Å². The van der Waals surface area contributed by atoms with Crippen LogP contribution in [0.4, 0.5) is 5.69 Å². The number of amides is 1. The van der Waals surface area contributed by atoms with Gasteiger partial charge in [0, 0.05) is 39.5 Å². The van der Waals surface area contributed by atoms with Gasteiger partial charge in [-0.1, -0.05) is 36.4 Å². The van der Waals surface area contributed by atoms with Gasteiger partial charge in [-0.15, -0.1) is 11.3 Å². The summed E-state index contributed by atoms with van der Waals surface area (Å²) in [5.41, 5.74) is 4.75. The zero-order chi connectivity index (χ0) is 38.6. The molecule has 10 nitrogen and oxygen atoms in total. The predicted octanol–water partition coefficient (Wildman–Crippen LogP) is 7.83. The number of aryl methyl sites for hydroxylation is 3. The van der Waals surface area contributed by atoms with Crippen LogP contribution in [-0.2, 0) is 46.9 Å². The molecule has 2 aliphatic rings. The average Bonchev–Trinajstić information content (AvgIpc) is 3.52. The predicted molar refractivity (Wildman–Crippen MR) is 208 cm³/mol. The number of aliphatic carboxylic acids is 1. The van der Waals surface area contributed by atoms with Gasteiger partial charge in [-0.05, 0) is 131 Å². The number of carboxylic acid groups (broad SMARTS) is 2. The van der Waals surface area contributed by atoms with Gasteiger partial charge in [-0.3, -0.25) is 14.4 Å². The molecule has 4 aromatic rings. The molecule has 0 atom stereocenters. The highest BCUT2D eigenvalue weighted by atomic mass is 32.2. The summed E-state index contributed by atoms with van der Waals surface area (Å²) in [5, 5.41) is 21.6. The maximum absolute atomic E-state index is 14.1. The molecule has 0 saturated heterocycles. The van der Waals surface area contributed by atoms with Crippen molar-refractivity contribution in [3.05, 3.63) is 116 Å². The van der Waals surface area contributed by atoms with E-state index in [1.165, 1.54) is 27.8 Å². The van der Waals surface area contributed by atoms with Crippen molar-refractivity contribution in [3.8, 4) is 0 Å². The number of benzene rings is 3. The fourth-order valence-corrected chi connectivity index (χ4v) is 11.1. The van der Waals surface area contributed by atoms with E-state index in [0.29, 0.717) is 41.8 Å². The topological polar surface area (TPSA) is 158 Å². The smallest absolute Gasteiger partial charge is 0.335 e. The second-order valence-corrected chi connectivity index (χ2v) is 17.6. The minimum Gasteiger partial charge on any atom is -0.481 e. The van der Waals surface area contributed by atoms with Crippen LogP contribution in [0.3, 0.4) is 0 Å². The van der Waals surface area contributed by atoms with Crippen LogP contribution in [0.5, 0.6) is 0 Å². The zero-order valence-corrected chi connectivity index (χ0v) is 32.2. The van der Waals surface area contributed by atoms with Crippen molar-refractivity contribution in [1.29, 1.82) is 0 Å². The normalized spacial score (nSPS) is 17.3. The molecule has 0 unspecified atom stereocenters. The molecule has 284 valence electrons. The molecule has 3 aromatic carbocycles. The number of anilines is 1. The van der Waals surface area contributed by atoms with E-state index < -0.39 is 27.9 Å². The number of hydrogen-bond donors (Lipinski definition) is 3. The van der Waals surface area contributed by atoms with Crippen LogP contribution in [0.25, 0.3) is 0 Å². The van der Waals surface area contributed by atoms with E-state index >= 15 is 0 Å². The van der Waals surface area contributed by atoms with Gasteiger partial charge in [0.25, 0.3) is 5.91 Å². The molecule has 1 heterocycles. The number of fused-ring (bicyclic) bond motifs is 1. The number of sulfonamides is 1. The van der Waals surface area contributed by atoms with E-state index in [0.717, 1.165) is 60.1 Å². The van der Waals surface area contributed by atoms with E-state index in [1.54, 1.807) is 24.3 Å². The highest BCUT2D eigenvalue weighted by molar-refractivity contribution is 7.89. The minimum atomic E-state index is -4.00. The first-order chi connectivity index (χ1) is 25.8. The summed E-state index contributed by atoms with van der Waals surface area (Å²) in [4.78, 5) is 52.2. The van der Waals surface area contributed by atoms with Gasteiger partial charge in [0.15, 0.2) is 5.78 Å². The number of carbonyl (C=O) groups excluding carboxylic acids is 2. The summed E-state index contributed by atoms with van der Waals surface area (Å²) in [6, 6.07) is 19.9. The number of Topliss-reactive ketones (excluding diaryl/α,β-unsaturated/α-hetero) is 1. The van der Waals surface area contributed by atoms with Gasteiger partial charge in [-0.2, -0.15) is 4.31 Å². The Kier molecular flexibility index (Phi) is 12.1. The van der Waals surface area contributed by atoms with Gasteiger partial charge in [-0.25, -0.2) is 13.2 Å². The largest absolute Gasteiger partial charge is 0.481 e. The van der Waals surface area contributed by atoms with Gasteiger partial charge < -0.3 is 15.5 Å². The van der Waals surface area contributed by atoms with Gasteiger partial charge in [0.1, 0.15) is 0 Å². The summed E-state index contributed by atoms with van der Waals surface area (Å²) in [6.45, 7) is 3.62. The maximum atomic E-state index is 14.1. The van der Waals surface area contributed by atoms with E-state index in [9.17, 15) is 32.7 Å². The van der Waals surface area contributed by atoms with E-state index in [-0.39, 0.29) is 46.2 Å². The van der Waals surface area contributed by atoms with Crippen molar-refractivity contribution in [1.82, 2.24) is 4.31 Å². The third kappa shape index (κ3) is 8.83. The molecule has 1 aromatic heterocycles. The summed E-state index contributed by atoms with van der Waals surface area (Å²) in [6.07, 6.45) is 6.75. The number of nitrogens with zero attached hydrogens (tertiary/aromatic N) is 1. The van der Waals surface area contributed by atoms with Gasteiger partial charge in [0.05, 0.1) is 21.9 Å². The molecule has 54 heavy (non-hydrogen) atoms. The number of aromatic carboxylic acids is 1. The summed E-state index contributed by atoms with van der Waals surface area (Å²) < 4.78 is 29.6. The Balaban J connectivity index is 1.16. The lowest BCUT2D eigenvalue weighted by Gasteiger charge is -2.37. The van der Waals surface area contributed by atoms with Crippen molar-refractivity contribution >= 4 is 50.7 Å². The molecule has 1 saturated carbocycles. The zero-order valence-electron chi connectivity index (χ0n) is 30.5. The Hall–Kier alpha value is -4.65. The highest BCUT2D eigenvalue weighted by Gasteiger charge is 2.38.